The van der Waals surface area contributed by atoms with Gasteiger partial charge in [-0.1, -0.05) is 28.9 Å². The van der Waals surface area contributed by atoms with Gasteiger partial charge in [0, 0.05) is 37.1 Å². The second-order valence-corrected chi connectivity index (χ2v) is 8.60. The molecule has 1 aromatic carbocycles. The molecular formula is C21H24ClN7O3. The molecule has 168 valence electrons. The highest BCUT2D eigenvalue weighted by molar-refractivity contribution is 6.30. The van der Waals surface area contributed by atoms with Crippen LogP contribution in [0.2, 0.25) is 5.02 Å². The Labute approximate surface area is 189 Å². The van der Waals surface area contributed by atoms with E-state index in [1.165, 1.54) is 0 Å². The molecule has 32 heavy (non-hydrogen) atoms. The van der Waals surface area contributed by atoms with Crippen molar-refractivity contribution < 1.29 is 9.53 Å². The standard InChI is InChI=1S/C21H24ClN7O3/c22-16-5-1-3-14(11-16)12-29-19-17(25-26-29)20(30)24-18(23-19)15-4-2-6-28(13-15)21(31)27-7-9-32-10-8-27/h1,3,5,11,15H,2,4,6-10,12-13H2,(H,23,24,30)/t15-/m0/s1. The predicted molar refractivity (Wildman–Crippen MR) is 118 cm³/mol. The van der Waals surface area contributed by atoms with Crippen LogP contribution in [0.4, 0.5) is 4.79 Å². The number of morpholine rings is 1. The highest BCUT2D eigenvalue weighted by Crippen LogP contribution is 2.25. The van der Waals surface area contributed by atoms with E-state index in [-0.39, 0.29) is 23.0 Å². The van der Waals surface area contributed by atoms with Gasteiger partial charge in [0.25, 0.3) is 5.56 Å². The number of likely N-dealkylation sites (tertiary alicyclic amines) is 1. The highest BCUT2D eigenvalue weighted by Gasteiger charge is 2.30. The third kappa shape index (κ3) is 4.20. The first-order valence-corrected chi connectivity index (χ1v) is 11.2. The van der Waals surface area contributed by atoms with Gasteiger partial charge in [-0.05, 0) is 30.5 Å². The van der Waals surface area contributed by atoms with E-state index in [9.17, 15) is 9.59 Å². The Morgan fingerprint density at radius 2 is 2.06 bits per heavy atom. The van der Waals surface area contributed by atoms with Gasteiger partial charge in [0.15, 0.2) is 11.2 Å². The molecular weight excluding hydrogens is 434 g/mol. The fraction of sp³-hybridized carbons (Fsp3) is 0.476. The van der Waals surface area contributed by atoms with Crippen LogP contribution in [-0.2, 0) is 11.3 Å². The number of hydrogen-bond donors (Lipinski definition) is 1. The number of hydrogen-bond acceptors (Lipinski definition) is 6. The van der Waals surface area contributed by atoms with Gasteiger partial charge in [-0.25, -0.2) is 14.5 Å². The molecule has 2 amide bonds. The third-order valence-corrected chi connectivity index (χ3v) is 6.21. The minimum Gasteiger partial charge on any atom is -0.378 e. The Morgan fingerprint density at radius 1 is 1.22 bits per heavy atom. The van der Waals surface area contributed by atoms with Crippen molar-refractivity contribution in [3.8, 4) is 0 Å². The summed E-state index contributed by atoms with van der Waals surface area (Å²) in [5.41, 5.74) is 1.25. The van der Waals surface area contributed by atoms with Crippen LogP contribution in [0, 0.1) is 0 Å². The molecule has 0 saturated carbocycles. The molecule has 2 fully saturated rings. The zero-order valence-electron chi connectivity index (χ0n) is 17.5. The van der Waals surface area contributed by atoms with Crippen molar-refractivity contribution in [2.45, 2.75) is 25.3 Å². The zero-order chi connectivity index (χ0) is 22.1. The van der Waals surface area contributed by atoms with Crippen LogP contribution in [-0.4, -0.2) is 80.2 Å². The summed E-state index contributed by atoms with van der Waals surface area (Å²) in [7, 11) is 0. The van der Waals surface area contributed by atoms with Crippen molar-refractivity contribution in [1.29, 1.82) is 0 Å². The van der Waals surface area contributed by atoms with Crippen LogP contribution in [0.15, 0.2) is 29.1 Å². The zero-order valence-corrected chi connectivity index (χ0v) is 18.3. The molecule has 11 heteroatoms. The second kappa shape index (κ2) is 8.87. The number of carbonyl (C=O) groups excluding carboxylic acids is 1. The van der Waals surface area contributed by atoms with Crippen LogP contribution in [0.25, 0.3) is 11.2 Å². The van der Waals surface area contributed by atoms with E-state index in [1.54, 1.807) is 10.7 Å². The number of aromatic nitrogens is 5. The lowest BCUT2D eigenvalue weighted by atomic mass is 9.97. The van der Waals surface area contributed by atoms with Gasteiger partial charge in [-0.15, -0.1) is 5.10 Å². The molecule has 0 bridgehead atoms. The van der Waals surface area contributed by atoms with Crippen LogP contribution < -0.4 is 5.56 Å². The molecule has 1 N–H and O–H groups in total. The number of nitrogens with one attached hydrogen (secondary N) is 1. The number of halogens is 1. The fourth-order valence-corrected chi connectivity index (χ4v) is 4.53. The first kappa shape index (κ1) is 20.9. The number of amides is 2. The van der Waals surface area contributed by atoms with Crippen molar-refractivity contribution >= 4 is 28.8 Å². The molecule has 1 atom stereocenters. The summed E-state index contributed by atoms with van der Waals surface area (Å²) in [4.78, 5) is 36.9. The van der Waals surface area contributed by atoms with E-state index >= 15 is 0 Å². The Bertz CT molecular complexity index is 1190. The van der Waals surface area contributed by atoms with Crippen LogP contribution in [0.1, 0.15) is 30.1 Å². The average Bonchev–Trinajstić information content (AvgIpc) is 3.22. The Morgan fingerprint density at radius 3 is 2.88 bits per heavy atom. The Balaban J connectivity index is 1.40. The fourth-order valence-electron chi connectivity index (χ4n) is 4.32. The lowest BCUT2D eigenvalue weighted by Crippen LogP contribution is -2.50. The number of nitrogens with zero attached hydrogens (tertiary/aromatic N) is 6. The van der Waals surface area contributed by atoms with Gasteiger partial charge in [0.2, 0.25) is 0 Å². The van der Waals surface area contributed by atoms with E-state index in [1.807, 2.05) is 28.0 Å². The maximum absolute atomic E-state index is 12.9. The lowest BCUT2D eigenvalue weighted by Gasteiger charge is -2.37. The number of urea groups is 1. The van der Waals surface area contributed by atoms with Crippen molar-refractivity contribution in [3.05, 3.63) is 51.0 Å². The molecule has 0 radical (unpaired) electrons. The molecule has 0 spiro atoms. The SMILES string of the molecule is O=C(N1CCOCC1)N1CCC[C@H](c2nc3c(nnn3Cc3cccc(Cl)c3)c(=O)[nH]2)C1. The Hall–Kier alpha value is -2.98. The second-order valence-electron chi connectivity index (χ2n) is 8.17. The van der Waals surface area contributed by atoms with E-state index in [4.69, 9.17) is 21.3 Å². The molecule has 3 aromatic rings. The van der Waals surface area contributed by atoms with Crippen LogP contribution in [0.5, 0.6) is 0 Å². The molecule has 10 nitrogen and oxygen atoms in total. The summed E-state index contributed by atoms with van der Waals surface area (Å²) in [6.07, 6.45) is 1.69. The van der Waals surface area contributed by atoms with Gasteiger partial charge in [0.05, 0.1) is 19.8 Å². The molecule has 2 saturated heterocycles. The Kier molecular flexibility index (Phi) is 5.79. The lowest BCUT2D eigenvalue weighted by molar-refractivity contribution is 0.0407. The van der Waals surface area contributed by atoms with E-state index < -0.39 is 0 Å². The van der Waals surface area contributed by atoms with Crippen LogP contribution >= 0.6 is 11.6 Å². The molecule has 0 aliphatic carbocycles. The monoisotopic (exact) mass is 457 g/mol. The van der Waals surface area contributed by atoms with E-state index in [0.717, 1.165) is 18.4 Å². The summed E-state index contributed by atoms with van der Waals surface area (Å²) in [5.74, 6) is 0.511. The van der Waals surface area contributed by atoms with E-state index in [2.05, 4.69) is 15.3 Å². The predicted octanol–water partition coefficient (Wildman–Crippen LogP) is 1.85. The topological polar surface area (TPSA) is 109 Å². The molecule has 2 aliphatic rings. The quantitative estimate of drug-likeness (QED) is 0.642. The van der Waals surface area contributed by atoms with Gasteiger partial charge >= 0.3 is 6.03 Å². The number of aromatic amines is 1. The number of fused-ring (bicyclic) bond motifs is 1. The summed E-state index contributed by atoms with van der Waals surface area (Å²) >= 11 is 6.09. The van der Waals surface area contributed by atoms with Crippen molar-refractivity contribution in [2.75, 3.05) is 39.4 Å². The van der Waals surface area contributed by atoms with Gasteiger partial charge in [0.1, 0.15) is 5.82 Å². The first-order chi connectivity index (χ1) is 15.6. The minimum atomic E-state index is -0.320. The minimum absolute atomic E-state index is 0.0223. The molecule has 0 unspecified atom stereocenters. The largest absolute Gasteiger partial charge is 0.378 e. The van der Waals surface area contributed by atoms with Gasteiger partial charge < -0.3 is 19.5 Å². The number of rotatable bonds is 3. The maximum Gasteiger partial charge on any atom is 0.320 e. The number of benzene rings is 1. The van der Waals surface area contributed by atoms with Crippen LogP contribution in [0.3, 0.4) is 0 Å². The van der Waals surface area contributed by atoms with Gasteiger partial charge in [-0.3, -0.25) is 4.79 Å². The maximum atomic E-state index is 12.9. The molecule has 5 rings (SSSR count). The summed E-state index contributed by atoms with van der Waals surface area (Å²) in [5, 5.41) is 8.78. The first-order valence-electron chi connectivity index (χ1n) is 10.8. The smallest absolute Gasteiger partial charge is 0.320 e. The number of H-pyrrole nitrogens is 1. The number of ether oxygens (including phenoxy) is 1. The van der Waals surface area contributed by atoms with Crippen molar-refractivity contribution in [2.24, 2.45) is 0 Å². The third-order valence-electron chi connectivity index (χ3n) is 5.97. The summed E-state index contributed by atoms with van der Waals surface area (Å²) in [6.45, 7) is 3.97. The van der Waals surface area contributed by atoms with Gasteiger partial charge in [-0.2, -0.15) is 0 Å². The molecule has 2 aromatic heterocycles. The number of piperidine rings is 1. The number of carbonyl (C=O) groups is 1. The highest BCUT2D eigenvalue weighted by atomic mass is 35.5. The average molecular weight is 458 g/mol. The normalized spacial score (nSPS) is 19.5. The molecule has 4 heterocycles. The van der Waals surface area contributed by atoms with Crippen molar-refractivity contribution in [3.63, 3.8) is 0 Å². The summed E-state index contributed by atoms with van der Waals surface area (Å²) < 4.78 is 6.96. The van der Waals surface area contributed by atoms with E-state index in [0.29, 0.717) is 62.4 Å². The summed E-state index contributed by atoms with van der Waals surface area (Å²) in [6, 6.07) is 7.47. The van der Waals surface area contributed by atoms with Crippen molar-refractivity contribution in [1.82, 2.24) is 34.8 Å². The molecule has 2 aliphatic heterocycles.